The van der Waals surface area contributed by atoms with Gasteiger partial charge in [-0.15, -0.1) is 11.3 Å². The Bertz CT molecular complexity index is 807. The summed E-state index contributed by atoms with van der Waals surface area (Å²) in [6.07, 6.45) is 0. The standard InChI is InChI=1S/C17H18ClN3O4S/c1-10(2)7-19-17(24)21-14(22)8-25-16(23)13-9-26-15(20-13)11-4-3-5-12(18)6-11/h3-6,9-10H,7-8H2,1-2H3,(H2,19,21,22,24). The van der Waals surface area contributed by atoms with Gasteiger partial charge >= 0.3 is 12.0 Å². The zero-order valence-corrected chi connectivity index (χ0v) is 15.8. The quantitative estimate of drug-likeness (QED) is 0.732. The van der Waals surface area contributed by atoms with Crippen LogP contribution in [0, 0.1) is 5.92 Å². The fourth-order valence-corrected chi connectivity index (χ4v) is 2.81. The number of carbonyl (C=O) groups is 3. The van der Waals surface area contributed by atoms with Crippen LogP contribution >= 0.6 is 22.9 Å². The molecule has 0 saturated heterocycles. The summed E-state index contributed by atoms with van der Waals surface area (Å²) in [6.45, 7) is 3.72. The molecule has 2 rings (SSSR count). The number of imide groups is 1. The van der Waals surface area contributed by atoms with Gasteiger partial charge in [-0.1, -0.05) is 37.6 Å². The summed E-state index contributed by atoms with van der Waals surface area (Å²) in [5.41, 5.74) is 0.864. The summed E-state index contributed by atoms with van der Waals surface area (Å²) in [5, 5.41) is 7.31. The van der Waals surface area contributed by atoms with Crippen molar-refractivity contribution < 1.29 is 19.1 Å². The van der Waals surface area contributed by atoms with Gasteiger partial charge in [0.05, 0.1) is 0 Å². The number of ether oxygens (including phenoxy) is 1. The highest BCUT2D eigenvalue weighted by Gasteiger charge is 2.16. The topological polar surface area (TPSA) is 97.4 Å². The van der Waals surface area contributed by atoms with Crippen LogP contribution in [0.5, 0.6) is 0 Å². The van der Waals surface area contributed by atoms with E-state index in [1.54, 1.807) is 18.2 Å². The minimum atomic E-state index is -0.743. The first-order chi connectivity index (χ1) is 12.3. The largest absolute Gasteiger partial charge is 0.451 e. The molecule has 0 saturated carbocycles. The second kappa shape index (κ2) is 9.30. The molecule has 0 spiro atoms. The fraction of sp³-hybridized carbons (Fsp3) is 0.294. The van der Waals surface area contributed by atoms with Crippen LogP contribution in [0.25, 0.3) is 10.6 Å². The number of esters is 1. The maximum absolute atomic E-state index is 12.0. The number of thiazole rings is 1. The van der Waals surface area contributed by atoms with Gasteiger partial charge in [-0.25, -0.2) is 14.6 Å². The first-order valence-electron chi connectivity index (χ1n) is 7.81. The number of urea groups is 1. The number of rotatable bonds is 6. The molecule has 0 aliphatic heterocycles. The summed E-state index contributed by atoms with van der Waals surface area (Å²) in [7, 11) is 0. The third kappa shape index (κ3) is 6.12. The number of hydrogen-bond donors (Lipinski definition) is 2. The predicted octanol–water partition coefficient (Wildman–Crippen LogP) is 3.10. The summed E-state index contributed by atoms with van der Waals surface area (Å²) in [5.74, 6) is -1.20. The van der Waals surface area contributed by atoms with Crippen LogP contribution in [0.3, 0.4) is 0 Å². The SMILES string of the molecule is CC(C)CNC(=O)NC(=O)COC(=O)c1csc(-c2cccc(Cl)c2)n1. The summed E-state index contributed by atoms with van der Waals surface area (Å²) in [6, 6.07) is 6.45. The molecule has 1 aromatic heterocycles. The summed E-state index contributed by atoms with van der Waals surface area (Å²) >= 11 is 7.20. The van der Waals surface area contributed by atoms with E-state index in [1.165, 1.54) is 16.7 Å². The van der Waals surface area contributed by atoms with E-state index in [1.807, 2.05) is 19.9 Å². The van der Waals surface area contributed by atoms with E-state index < -0.39 is 24.5 Å². The van der Waals surface area contributed by atoms with E-state index >= 15 is 0 Å². The van der Waals surface area contributed by atoms with Crippen molar-refractivity contribution in [2.75, 3.05) is 13.2 Å². The first-order valence-corrected chi connectivity index (χ1v) is 9.07. The predicted molar refractivity (Wildman–Crippen MR) is 99.2 cm³/mol. The molecule has 3 amide bonds. The van der Waals surface area contributed by atoms with Gasteiger partial charge in [0, 0.05) is 22.5 Å². The summed E-state index contributed by atoms with van der Waals surface area (Å²) < 4.78 is 4.88. The van der Waals surface area contributed by atoms with Crippen molar-refractivity contribution in [3.05, 3.63) is 40.4 Å². The molecular formula is C17H18ClN3O4S. The van der Waals surface area contributed by atoms with Crippen LogP contribution in [-0.4, -0.2) is 36.0 Å². The number of aromatic nitrogens is 1. The Balaban J connectivity index is 1.85. The second-order valence-electron chi connectivity index (χ2n) is 5.78. The van der Waals surface area contributed by atoms with E-state index in [2.05, 4.69) is 15.6 Å². The highest BCUT2D eigenvalue weighted by atomic mass is 35.5. The highest BCUT2D eigenvalue weighted by Crippen LogP contribution is 2.26. The Kier molecular flexibility index (Phi) is 7.11. The second-order valence-corrected chi connectivity index (χ2v) is 7.07. The van der Waals surface area contributed by atoms with Gasteiger partial charge in [0.25, 0.3) is 5.91 Å². The Labute approximate surface area is 159 Å². The van der Waals surface area contributed by atoms with E-state index in [9.17, 15) is 14.4 Å². The molecule has 138 valence electrons. The van der Waals surface area contributed by atoms with E-state index in [0.29, 0.717) is 16.6 Å². The van der Waals surface area contributed by atoms with Gasteiger partial charge in [-0.05, 0) is 18.1 Å². The molecule has 7 nitrogen and oxygen atoms in total. The molecular weight excluding hydrogens is 378 g/mol. The molecule has 0 bridgehead atoms. The normalized spacial score (nSPS) is 10.5. The molecule has 0 aliphatic carbocycles. The molecule has 9 heteroatoms. The number of nitrogens with zero attached hydrogens (tertiary/aromatic N) is 1. The Morgan fingerprint density at radius 3 is 2.77 bits per heavy atom. The molecule has 0 aliphatic rings. The van der Waals surface area contributed by atoms with Crippen molar-refractivity contribution in [2.24, 2.45) is 5.92 Å². The third-order valence-electron chi connectivity index (χ3n) is 3.04. The number of nitrogens with one attached hydrogen (secondary N) is 2. The number of halogens is 1. The molecule has 2 aromatic rings. The smallest absolute Gasteiger partial charge is 0.358 e. The van der Waals surface area contributed by atoms with Crippen molar-refractivity contribution in [3.8, 4) is 10.6 Å². The van der Waals surface area contributed by atoms with Gasteiger partial charge < -0.3 is 10.1 Å². The highest BCUT2D eigenvalue weighted by molar-refractivity contribution is 7.13. The van der Waals surface area contributed by atoms with Crippen LogP contribution in [0.4, 0.5) is 4.79 Å². The van der Waals surface area contributed by atoms with Crippen molar-refractivity contribution in [1.82, 2.24) is 15.6 Å². The molecule has 0 unspecified atom stereocenters. The molecule has 0 radical (unpaired) electrons. The molecule has 2 N–H and O–H groups in total. The van der Waals surface area contributed by atoms with E-state index in [0.717, 1.165) is 5.56 Å². The Morgan fingerprint density at radius 2 is 2.08 bits per heavy atom. The van der Waals surface area contributed by atoms with Crippen LogP contribution in [0.2, 0.25) is 5.02 Å². The maximum atomic E-state index is 12.0. The van der Waals surface area contributed by atoms with Crippen molar-refractivity contribution >= 4 is 40.8 Å². The van der Waals surface area contributed by atoms with Gasteiger partial charge in [-0.2, -0.15) is 0 Å². The molecule has 1 aromatic carbocycles. The minimum absolute atomic E-state index is 0.0852. The lowest BCUT2D eigenvalue weighted by Gasteiger charge is -2.08. The van der Waals surface area contributed by atoms with Crippen LogP contribution in [0.15, 0.2) is 29.6 Å². The van der Waals surface area contributed by atoms with Crippen molar-refractivity contribution in [3.63, 3.8) is 0 Å². The average molecular weight is 396 g/mol. The zero-order valence-electron chi connectivity index (χ0n) is 14.2. The van der Waals surface area contributed by atoms with Gasteiger partial charge in [-0.3, -0.25) is 10.1 Å². The maximum Gasteiger partial charge on any atom is 0.358 e. The van der Waals surface area contributed by atoms with Gasteiger partial charge in [0.2, 0.25) is 0 Å². The van der Waals surface area contributed by atoms with Gasteiger partial charge in [0.1, 0.15) is 5.01 Å². The first kappa shape index (κ1) is 19.9. The van der Waals surface area contributed by atoms with Crippen LogP contribution in [0.1, 0.15) is 24.3 Å². The Hall–Kier alpha value is -2.45. The van der Waals surface area contributed by atoms with Crippen molar-refractivity contribution in [2.45, 2.75) is 13.8 Å². The molecule has 0 atom stereocenters. The van der Waals surface area contributed by atoms with E-state index in [4.69, 9.17) is 16.3 Å². The number of carbonyl (C=O) groups excluding carboxylic acids is 3. The third-order valence-corrected chi connectivity index (χ3v) is 4.17. The van der Waals surface area contributed by atoms with Gasteiger partial charge in [0.15, 0.2) is 12.3 Å². The van der Waals surface area contributed by atoms with E-state index in [-0.39, 0.29) is 11.6 Å². The number of hydrogen-bond acceptors (Lipinski definition) is 6. The molecule has 0 fully saturated rings. The fourth-order valence-electron chi connectivity index (χ4n) is 1.83. The number of amides is 3. The summed E-state index contributed by atoms with van der Waals surface area (Å²) in [4.78, 5) is 39.2. The molecule has 1 heterocycles. The number of benzene rings is 1. The molecule has 26 heavy (non-hydrogen) atoms. The zero-order chi connectivity index (χ0) is 19.1. The Morgan fingerprint density at radius 1 is 1.31 bits per heavy atom. The lowest BCUT2D eigenvalue weighted by Crippen LogP contribution is -2.42. The minimum Gasteiger partial charge on any atom is -0.451 e. The average Bonchev–Trinajstić information content (AvgIpc) is 3.08. The monoisotopic (exact) mass is 395 g/mol. The lowest BCUT2D eigenvalue weighted by atomic mass is 10.2. The van der Waals surface area contributed by atoms with Crippen molar-refractivity contribution in [1.29, 1.82) is 0 Å². The lowest BCUT2D eigenvalue weighted by molar-refractivity contribution is -0.123. The van der Waals surface area contributed by atoms with Crippen LogP contribution in [-0.2, 0) is 9.53 Å². The van der Waals surface area contributed by atoms with Crippen LogP contribution < -0.4 is 10.6 Å².